The summed E-state index contributed by atoms with van der Waals surface area (Å²) in [4.78, 5) is 34.0. The molecule has 0 saturated heterocycles. The molecule has 9 heteroatoms. The van der Waals surface area contributed by atoms with E-state index in [2.05, 4.69) is 14.2 Å². The number of carbonyl (C=O) groups excluding carboxylic acids is 3. The van der Waals surface area contributed by atoms with Crippen molar-refractivity contribution in [1.29, 1.82) is 0 Å². The minimum Gasteiger partial charge on any atom is -0.438 e. The smallest absolute Gasteiger partial charge is 0.438 e. The number of benzene rings is 2. The van der Waals surface area contributed by atoms with Gasteiger partial charge in [-0.3, -0.25) is 0 Å². The van der Waals surface area contributed by atoms with Gasteiger partial charge >= 0.3 is 18.5 Å². The quantitative estimate of drug-likeness (QED) is 0.427. The van der Waals surface area contributed by atoms with Crippen LogP contribution in [0.1, 0.15) is 17.2 Å². The van der Waals surface area contributed by atoms with Crippen molar-refractivity contribution >= 4 is 18.5 Å². The number of methoxy groups -OCH3 is 3. The van der Waals surface area contributed by atoms with Crippen LogP contribution < -0.4 is 9.47 Å². The van der Waals surface area contributed by atoms with E-state index in [-0.39, 0.29) is 11.5 Å². The monoisotopic (exact) mass is 390 g/mol. The van der Waals surface area contributed by atoms with E-state index < -0.39 is 24.6 Å². The fraction of sp³-hybridized carbons (Fsp3) is 0.211. The zero-order valence-electron chi connectivity index (χ0n) is 15.4. The molecule has 0 radical (unpaired) electrons. The van der Waals surface area contributed by atoms with E-state index in [0.29, 0.717) is 11.1 Å². The van der Waals surface area contributed by atoms with E-state index in [0.717, 1.165) is 0 Å². The normalized spacial score (nSPS) is 10.0. The molecule has 2 rings (SSSR count). The maximum Gasteiger partial charge on any atom is 0.513 e. The number of carbonyl (C=O) groups is 3. The maximum atomic E-state index is 11.7. The van der Waals surface area contributed by atoms with Gasteiger partial charge in [0, 0.05) is 0 Å². The molecular formula is C19H18O9. The van der Waals surface area contributed by atoms with Crippen molar-refractivity contribution in [3.05, 3.63) is 59.7 Å². The summed E-state index contributed by atoms with van der Waals surface area (Å²) in [6.45, 7) is 0. The number of ether oxygens (including phenoxy) is 6. The van der Waals surface area contributed by atoms with Crippen molar-refractivity contribution < 1.29 is 42.8 Å². The molecule has 148 valence electrons. The van der Waals surface area contributed by atoms with Gasteiger partial charge < -0.3 is 28.4 Å². The van der Waals surface area contributed by atoms with Crippen LogP contribution in [0, 0.1) is 0 Å². The average molecular weight is 390 g/mol. The fourth-order valence-electron chi connectivity index (χ4n) is 2.17. The molecule has 0 atom stereocenters. The first-order valence-electron chi connectivity index (χ1n) is 7.93. The molecule has 0 aliphatic heterocycles. The Labute approximate surface area is 160 Å². The number of rotatable bonds is 5. The van der Waals surface area contributed by atoms with Crippen LogP contribution in [-0.2, 0) is 18.9 Å². The Morgan fingerprint density at radius 2 is 0.964 bits per heavy atom. The second kappa shape index (κ2) is 9.81. The topological polar surface area (TPSA) is 107 Å². The van der Waals surface area contributed by atoms with Gasteiger partial charge in [-0.1, -0.05) is 24.3 Å². The Morgan fingerprint density at radius 1 is 0.607 bits per heavy atom. The zero-order valence-corrected chi connectivity index (χ0v) is 15.4. The summed E-state index contributed by atoms with van der Waals surface area (Å²) in [6.07, 6.45) is -3.39. The maximum absolute atomic E-state index is 11.7. The lowest BCUT2D eigenvalue weighted by Gasteiger charge is -2.18. The zero-order chi connectivity index (χ0) is 20.5. The molecular weight excluding hydrogens is 372 g/mol. The Hall–Kier alpha value is -3.75. The minimum atomic E-state index is -0.880. The van der Waals surface area contributed by atoms with Gasteiger partial charge in [0.15, 0.2) is 6.10 Å². The van der Waals surface area contributed by atoms with Crippen molar-refractivity contribution in [2.45, 2.75) is 6.10 Å². The van der Waals surface area contributed by atoms with Crippen molar-refractivity contribution in [2.24, 2.45) is 0 Å². The van der Waals surface area contributed by atoms with E-state index >= 15 is 0 Å². The predicted molar refractivity (Wildman–Crippen MR) is 94.3 cm³/mol. The summed E-state index contributed by atoms with van der Waals surface area (Å²) in [5.41, 5.74) is 1.17. The largest absolute Gasteiger partial charge is 0.513 e. The van der Waals surface area contributed by atoms with Gasteiger partial charge in [-0.2, -0.15) is 0 Å². The summed E-state index contributed by atoms with van der Waals surface area (Å²) in [5, 5.41) is 0. The molecule has 0 N–H and O–H groups in total. The molecule has 0 heterocycles. The molecule has 2 aromatic rings. The second-order valence-electron chi connectivity index (χ2n) is 5.20. The summed E-state index contributed by atoms with van der Waals surface area (Å²) in [6, 6.07) is 12.6. The highest BCUT2D eigenvalue weighted by molar-refractivity contribution is 5.64. The molecule has 9 nitrogen and oxygen atoms in total. The van der Waals surface area contributed by atoms with Crippen LogP contribution in [0.15, 0.2) is 48.5 Å². The molecule has 0 amide bonds. The summed E-state index contributed by atoms with van der Waals surface area (Å²) in [5.74, 6) is 0.517. The van der Waals surface area contributed by atoms with E-state index in [1.54, 1.807) is 24.3 Å². The first-order valence-corrected chi connectivity index (χ1v) is 7.93. The Balaban J connectivity index is 2.25. The van der Waals surface area contributed by atoms with Crippen LogP contribution in [0.2, 0.25) is 0 Å². The number of hydrogen-bond acceptors (Lipinski definition) is 9. The minimum absolute atomic E-state index is 0.259. The Kier molecular flexibility index (Phi) is 7.21. The van der Waals surface area contributed by atoms with Gasteiger partial charge in [0.25, 0.3) is 0 Å². The van der Waals surface area contributed by atoms with Gasteiger partial charge in [0.05, 0.1) is 21.3 Å². The van der Waals surface area contributed by atoms with E-state index in [9.17, 15) is 14.4 Å². The first kappa shape index (κ1) is 20.6. The molecule has 0 spiro atoms. The van der Waals surface area contributed by atoms with Crippen molar-refractivity contribution in [3.63, 3.8) is 0 Å². The Morgan fingerprint density at radius 3 is 1.29 bits per heavy atom. The Bertz CT molecular complexity index is 751. The van der Waals surface area contributed by atoms with Crippen LogP contribution >= 0.6 is 0 Å². The highest BCUT2D eigenvalue weighted by atomic mass is 16.7. The summed E-state index contributed by atoms with van der Waals surface area (Å²) >= 11 is 0. The molecule has 0 unspecified atom stereocenters. The molecule has 0 aliphatic carbocycles. The lowest BCUT2D eigenvalue weighted by atomic mass is 10.0. The number of hydrogen-bond donors (Lipinski definition) is 0. The molecule has 0 aromatic heterocycles. The fourth-order valence-corrected chi connectivity index (χ4v) is 2.17. The standard InChI is InChI=1S/C19H18O9/c1-23-17(20)26-14-8-4-12(5-9-14)16(28-19(22)25-3)13-6-10-15(11-7-13)27-18(21)24-2/h4-11,16H,1-3H3. The molecule has 0 fully saturated rings. The van der Waals surface area contributed by atoms with Crippen molar-refractivity contribution in [3.8, 4) is 11.5 Å². The van der Waals surface area contributed by atoms with Crippen LogP contribution in [-0.4, -0.2) is 39.8 Å². The van der Waals surface area contributed by atoms with E-state index in [1.165, 1.54) is 45.6 Å². The van der Waals surface area contributed by atoms with Crippen LogP contribution in [0.4, 0.5) is 14.4 Å². The van der Waals surface area contributed by atoms with Gasteiger partial charge in [-0.15, -0.1) is 0 Å². The van der Waals surface area contributed by atoms with Gasteiger partial charge in [-0.05, 0) is 35.4 Å². The third kappa shape index (κ3) is 5.63. The summed E-state index contributed by atoms with van der Waals surface area (Å²) < 4.78 is 28.6. The molecule has 28 heavy (non-hydrogen) atoms. The van der Waals surface area contributed by atoms with Crippen molar-refractivity contribution in [1.82, 2.24) is 0 Å². The van der Waals surface area contributed by atoms with Gasteiger partial charge in [0.1, 0.15) is 11.5 Å². The van der Waals surface area contributed by atoms with Crippen LogP contribution in [0.3, 0.4) is 0 Å². The predicted octanol–water partition coefficient (Wildman–Crippen LogP) is 3.85. The van der Waals surface area contributed by atoms with Crippen LogP contribution in [0.5, 0.6) is 11.5 Å². The lowest BCUT2D eigenvalue weighted by molar-refractivity contribution is 0.0498. The van der Waals surface area contributed by atoms with E-state index in [1.807, 2.05) is 0 Å². The molecule has 2 aromatic carbocycles. The third-order valence-corrected chi connectivity index (χ3v) is 3.48. The average Bonchev–Trinajstić information content (AvgIpc) is 2.73. The SMILES string of the molecule is COC(=O)Oc1ccc(C(OC(=O)OC)c2ccc(OC(=O)OC)cc2)cc1. The first-order chi connectivity index (χ1) is 13.5. The van der Waals surface area contributed by atoms with Gasteiger partial charge in [0.2, 0.25) is 0 Å². The summed E-state index contributed by atoms with van der Waals surface area (Å²) in [7, 11) is 3.59. The molecule has 0 bridgehead atoms. The molecule has 0 saturated carbocycles. The van der Waals surface area contributed by atoms with Gasteiger partial charge in [-0.25, -0.2) is 14.4 Å². The second-order valence-corrected chi connectivity index (χ2v) is 5.20. The molecule has 0 aliphatic rings. The third-order valence-electron chi connectivity index (χ3n) is 3.48. The van der Waals surface area contributed by atoms with Crippen LogP contribution in [0.25, 0.3) is 0 Å². The highest BCUT2D eigenvalue weighted by Gasteiger charge is 2.20. The lowest BCUT2D eigenvalue weighted by Crippen LogP contribution is -2.13. The van der Waals surface area contributed by atoms with Crippen molar-refractivity contribution in [2.75, 3.05) is 21.3 Å². The van der Waals surface area contributed by atoms with E-state index in [4.69, 9.17) is 14.2 Å². The highest BCUT2D eigenvalue weighted by Crippen LogP contribution is 2.29.